The highest BCUT2D eigenvalue weighted by molar-refractivity contribution is 5.76. The van der Waals surface area contributed by atoms with E-state index in [0.717, 1.165) is 6.42 Å². The van der Waals surface area contributed by atoms with Crippen LogP contribution in [0.3, 0.4) is 0 Å². The van der Waals surface area contributed by atoms with Gasteiger partial charge in [0.15, 0.2) is 0 Å². The molecule has 110 valence electrons. The van der Waals surface area contributed by atoms with Crippen molar-refractivity contribution in [2.45, 2.75) is 45.8 Å². The van der Waals surface area contributed by atoms with Gasteiger partial charge < -0.3 is 20.4 Å². The molecular formula is C13H24N2O4. The fourth-order valence-electron chi connectivity index (χ4n) is 2.26. The number of rotatable bonds is 5. The molecule has 1 aliphatic rings. The minimum Gasteiger partial charge on any atom is -0.481 e. The number of carboxylic acid groups (broad SMARTS) is 1. The summed E-state index contributed by atoms with van der Waals surface area (Å²) in [5, 5.41) is 21.1. The van der Waals surface area contributed by atoms with E-state index < -0.39 is 12.1 Å². The van der Waals surface area contributed by atoms with Gasteiger partial charge in [0.25, 0.3) is 0 Å². The second-order valence-electron chi connectivity index (χ2n) is 5.63. The van der Waals surface area contributed by atoms with E-state index in [1.165, 1.54) is 0 Å². The van der Waals surface area contributed by atoms with Crippen LogP contribution in [0.15, 0.2) is 0 Å². The second-order valence-corrected chi connectivity index (χ2v) is 5.63. The van der Waals surface area contributed by atoms with Gasteiger partial charge in [0, 0.05) is 25.0 Å². The van der Waals surface area contributed by atoms with Crippen molar-refractivity contribution in [2.24, 2.45) is 11.8 Å². The van der Waals surface area contributed by atoms with Gasteiger partial charge in [-0.1, -0.05) is 13.8 Å². The molecule has 1 fully saturated rings. The number of nitrogens with zero attached hydrogens (tertiary/aromatic N) is 1. The molecule has 3 unspecified atom stereocenters. The van der Waals surface area contributed by atoms with E-state index in [4.69, 9.17) is 5.11 Å². The molecule has 1 heterocycles. The molecule has 1 rings (SSSR count). The van der Waals surface area contributed by atoms with Crippen molar-refractivity contribution in [3.05, 3.63) is 0 Å². The topological polar surface area (TPSA) is 89.9 Å². The first-order chi connectivity index (χ1) is 8.81. The Labute approximate surface area is 113 Å². The van der Waals surface area contributed by atoms with E-state index in [9.17, 15) is 14.7 Å². The van der Waals surface area contributed by atoms with Crippen LogP contribution in [0, 0.1) is 11.8 Å². The van der Waals surface area contributed by atoms with Gasteiger partial charge in [0.05, 0.1) is 12.5 Å². The number of likely N-dealkylation sites (tertiary alicyclic amines) is 1. The summed E-state index contributed by atoms with van der Waals surface area (Å²) in [5.41, 5.74) is 0. The van der Waals surface area contributed by atoms with Crippen molar-refractivity contribution >= 4 is 12.0 Å². The second kappa shape index (κ2) is 6.75. The van der Waals surface area contributed by atoms with Crippen LogP contribution < -0.4 is 5.32 Å². The van der Waals surface area contributed by atoms with Crippen molar-refractivity contribution in [1.29, 1.82) is 0 Å². The Kier molecular flexibility index (Phi) is 5.60. The molecule has 0 radical (unpaired) electrons. The maximum absolute atomic E-state index is 12.1. The van der Waals surface area contributed by atoms with E-state index >= 15 is 0 Å². The Balaban J connectivity index is 2.51. The van der Waals surface area contributed by atoms with E-state index in [2.05, 4.69) is 5.32 Å². The summed E-state index contributed by atoms with van der Waals surface area (Å²) in [5.74, 6) is -0.736. The summed E-state index contributed by atoms with van der Waals surface area (Å²) in [6.45, 7) is 6.64. The number of urea groups is 1. The normalized spacial score (nSPS) is 22.4. The molecule has 1 aliphatic heterocycles. The number of aliphatic hydroxyl groups excluding tert-OH is 1. The summed E-state index contributed by atoms with van der Waals surface area (Å²) in [6, 6.07) is -0.598. The zero-order valence-electron chi connectivity index (χ0n) is 11.8. The quantitative estimate of drug-likeness (QED) is 0.693. The number of amides is 2. The number of carboxylic acids is 1. The van der Waals surface area contributed by atoms with Crippen molar-refractivity contribution in [3.63, 3.8) is 0 Å². The van der Waals surface area contributed by atoms with E-state index in [1.54, 1.807) is 11.8 Å². The molecule has 0 bridgehead atoms. The summed E-state index contributed by atoms with van der Waals surface area (Å²) < 4.78 is 0. The molecule has 3 atom stereocenters. The number of carbonyl (C=O) groups is 2. The lowest BCUT2D eigenvalue weighted by molar-refractivity contribution is -0.137. The van der Waals surface area contributed by atoms with Crippen LogP contribution >= 0.6 is 0 Å². The van der Waals surface area contributed by atoms with Crippen molar-refractivity contribution in [1.82, 2.24) is 10.2 Å². The maximum Gasteiger partial charge on any atom is 0.317 e. The lowest BCUT2D eigenvalue weighted by Gasteiger charge is -2.25. The maximum atomic E-state index is 12.1. The molecule has 6 nitrogen and oxygen atoms in total. The highest BCUT2D eigenvalue weighted by atomic mass is 16.4. The van der Waals surface area contributed by atoms with Crippen molar-refractivity contribution in [3.8, 4) is 0 Å². The van der Waals surface area contributed by atoms with Crippen LogP contribution in [0.5, 0.6) is 0 Å². The molecule has 0 aromatic rings. The first-order valence-corrected chi connectivity index (χ1v) is 6.76. The van der Waals surface area contributed by atoms with Crippen molar-refractivity contribution < 1.29 is 19.8 Å². The van der Waals surface area contributed by atoms with Gasteiger partial charge in [-0.15, -0.1) is 0 Å². The van der Waals surface area contributed by atoms with Crippen LogP contribution in [-0.2, 0) is 4.79 Å². The third-order valence-corrected chi connectivity index (χ3v) is 3.70. The van der Waals surface area contributed by atoms with Crippen LogP contribution in [0.4, 0.5) is 4.79 Å². The molecule has 0 saturated carbocycles. The highest BCUT2D eigenvalue weighted by Crippen LogP contribution is 2.20. The molecule has 0 spiro atoms. The van der Waals surface area contributed by atoms with Gasteiger partial charge >= 0.3 is 12.0 Å². The molecule has 1 saturated heterocycles. The molecule has 6 heteroatoms. The number of hydrogen-bond acceptors (Lipinski definition) is 3. The molecule has 3 N–H and O–H groups in total. The third kappa shape index (κ3) is 4.70. The first kappa shape index (κ1) is 15.8. The summed E-state index contributed by atoms with van der Waals surface area (Å²) in [7, 11) is 0. The van der Waals surface area contributed by atoms with Crippen LogP contribution in [0.2, 0.25) is 0 Å². The van der Waals surface area contributed by atoms with Crippen molar-refractivity contribution in [2.75, 3.05) is 13.1 Å². The fourth-order valence-corrected chi connectivity index (χ4v) is 2.26. The largest absolute Gasteiger partial charge is 0.481 e. The predicted octanol–water partition coefficient (Wildman–Crippen LogP) is 0.898. The summed E-state index contributed by atoms with van der Waals surface area (Å²) >= 11 is 0. The number of carbonyl (C=O) groups excluding carboxylic acids is 1. The molecule has 0 aromatic heterocycles. The molecule has 0 aromatic carbocycles. The van der Waals surface area contributed by atoms with Crippen LogP contribution in [0.1, 0.15) is 33.6 Å². The lowest BCUT2D eigenvalue weighted by Crippen LogP contribution is -2.47. The van der Waals surface area contributed by atoms with Crippen LogP contribution in [-0.4, -0.2) is 52.3 Å². The number of nitrogens with one attached hydrogen (secondary N) is 1. The zero-order valence-corrected chi connectivity index (χ0v) is 11.8. The third-order valence-electron chi connectivity index (χ3n) is 3.70. The Hall–Kier alpha value is -1.30. The first-order valence-electron chi connectivity index (χ1n) is 6.76. The van der Waals surface area contributed by atoms with Gasteiger partial charge in [0.2, 0.25) is 0 Å². The predicted molar refractivity (Wildman–Crippen MR) is 70.8 cm³/mol. The SMILES string of the molecule is CC(C)C(CC(=O)O)NC(=O)N1CCC(C(C)O)C1. The number of hydrogen-bond donors (Lipinski definition) is 3. The fraction of sp³-hybridized carbons (Fsp3) is 0.846. The van der Waals surface area contributed by atoms with Gasteiger partial charge in [-0.25, -0.2) is 4.79 Å². The minimum absolute atomic E-state index is 0.0650. The van der Waals surface area contributed by atoms with Gasteiger partial charge in [-0.3, -0.25) is 4.79 Å². The van der Waals surface area contributed by atoms with E-state index in [0.29, 0.717) is 13.1 Å². The monoisotopic (exact) mass is 272 g/mol. The lowest BCUT2D eigenvalue weighted by atomic mass is 10.0. The summed E-state index contributed by atoms with van der Waals surface area (Å²) in [4.78, 5) is 24.5. The Morgan fingerprint density at radius 3 is 2.42 bits per heavy atom. The number of aliphatic carboxylic acids is 1. The zero-order chi connectivity index (χ0) is 14.6. The average Bonchev–Trinajstić information content (AvgIpc) is 2.76. The Morgan fingerprint density at radius 2 is 2.00 bits per heavy atom. The molecule has 2 amide bonds. The molecule has 19 heavy (non-hydrogen) atoms. The smallest absolute Gasteiger partial charge is 0.317 e. The average molecular weight is 272 g/mol. The highest BCUT2D eigenvalue weighted by Gasteiger charge is 2.30. The standard InChI is InChI=1S/C13H24N2O4/c1-8(2)11(6-12(17)18)14-13(19)15-5-4-10(7-15)9(3)16/h8-11,16H,4-7H2,1-3H3,(H,14,19)(H,17,18). The van der Waals surface area contributed by atoms with Gasteiger partial charge in [-0.2, -0.15) is 0 Å². The Morgan fingerprint density at radius 1 is 1.37 bits per heavy atom. The molecule has 0 aliphatic carbocycles. The van der Waals surface area contributed by atoms with E-state index in [-0.39, 0.29) is 30.3 Å². The molecular weight excluding hydrogens is 248 g/mol. The number of aliphatic hydroxyl groups is 1. The summed E-state index contributed by atoms with van der Waals surface area (Å²) in [6.07, 6.45) is 0.297. The minimum atomic E-state index is -0.915. The van der Waals surface area contributed by atoms with Crippen LogP contribution in [0.25, 0.3) is 0 Å². The Bertz CT molecular complexity index is 331. The van der Waals surface area contributed by atoms with Gasteiger partial charge in [-0.05, 0) is 19.3 Å². The van der Waals surface area contributed by atoms with Gasteiger partial charge in [0.1, 0.15) is 0 Å². The van der Waals surface area contributed by atoms with E-state index in [1.807, 2.05) is 13.8 Å².